The van der Waals surface area contributed by atoms with Crippen LogP contribution in [0.3, 0.4) is 0 Å². The van der Waals surface area contributed by atoms with Crippen LogP contribution in [-0.4, -0.2) is 17.1 Å². The van der Waals surface area contributed by atoms with Crippen molar-refractivity contribution in [1.29, 1.82) is 0 Å². The second-order valence-corrected chi connectivity index (χ2v) is 5.09. The summed E-state index contributed by atoms with van der Waals surface area (Å²) >= 11 is 1.63. The minimum Gasteiger partial charge on any atom is -0.497 e. The Morgan fingerprint density at radius 3 is 2.84 bits per heavy atom. The molecule has 2 heterocycles. The van der Waals surface area contributed by atoms with Gasteiger partial charge in [-0.15, -0.1) is 0 Å². The predicted octanol–water partition coefficient (Wildman–Crippen LogP) is 3.31. The monoisotopic (exact) mass is 271 g/mol. The molecule has 3 rings (SSSR count). The number of pyridine rings is 1. The van der Waals surface area contributed by atoms with Crippen LogP contribution in [0.1, 0.15) is 5.56 Å². The fourth-order valence-corrected chi connectivity index (χ4v) is 2.68. The molecule has 0 spiro atoms. The minimum absolute atomic E-state index is 0.749. The Bertz CT molecular complexity index is 681. The fraction of sp³-hybridized carbons (Fsp3) is 0.143. The maximum absolute atomic E-state index is 5.21. The molecule has 0 amide bonds. The van der Waals surface area contributed by atoms with Crippen molar-refractivity contribution in [2.75, 3.05) is 12.4 Å². The summed E-state index contributed by atoms with van der Waals surface area (Å²) in [5.74, 6) is 0.858. The summed E-state index contributed by atoms with van der Waals surface area (Å²) in [7, 11) is 1.67. The van der Waals surface area contributed by atoms with Crippen molar-refractivity contribution < 1.29 is 4.74 Å². The maximum Gasteiger partial charge on any atom is 0.184 e. The Balaban J connectivity index is 1.78. The zero-order valence-electron chi connectivity index (χ0n) is 10.5. The third-order valence-electron chi connectivity index (χ3n) is 2.79. The highest BCUT2D eigenvalue weighted by Gasteiger charge is 2.04. The Morgan fingerprint density at radius 2 is 2.05 bits per heavy atom. The number of ether oxygens (including phenoxy) is 1. The summed E-state index contributed by atoms with van der Waals surface area (Å²) in [4.78, 5) is 8.54. The molecule has 1 N–H and O–H groups in total. The second kappa shape index (κ2) is 5.24. The first-order chi connectivity index (χ1) is 9.35. The molecule has 0 atom stereocenters. The van der Waals surface area contributed by atoms with Crippen molar-refractivity contribution in [3.8, 4) is 5.75 Å². The van der Waals surface area contributed by atoms with Gasteiger partial charge in [0.15, 0.2) is 5.13 Å². The number of fused-ring (bicyclic) bond motifs is 1. The van der Waals surface area contributed by atoms with Crippen molar-refractivity contribution in [2.24, 2.45) is 0 Å². The topological polar surface area (TPSA) is 47.0 Å². The Labute approximate surface area is 115 Å². The summed E-state index contributed by atoms with van der Waals surface area (Å²) in [6.45, 7) is 0.749. The smallest absolute Gasteiger partial charge is 0.184 e. The van der Waals surface area contributed by atoms with Gasteiger partial charge in [0.1, 0.15) is 5.75 Å². The predicted molar refractivity (Wildman–Crippen MR) is 77.7 cm³/mol. The van der Waals surface area contributed by atoms with E-state index < -0.39 is 0 Å². The van der Waals surface area contributed by atoms with Crippen LogP contribution in [0.15, 0.2) is 42.7 Å². The van der Waals surface area contributed by atoms with E-state index in [-0.39, 0.29) is 0 Å². The molecule has 19 heavy (non-hydrogen) atoms. The third kappa shape index (κ3) is 2.66. The lowest BCUT2D eigenvalue weighted by Crippen LogP contribution is -1.98. The summed E-state index contributed by atoms with van der Waals surface area (Å²) in [6, 6.07) is 9.88. The quantitative estimate of drug-likeness (QED) is 0.790. The Morgan fingerprint density at radius 1 is 1.21 bits per heavy atom. The average molecular weight is 271 g/mol. The van der Waals surface area contributed by atoms with Crippen molar-refractivity contribution >= 4 is 26.7 Å². The van der Waals surface area contributed by atoms with E-state index >= 15 is 0 Å². The average Bonchev–Trinajstić information content (AvgIpc) is 2.88. The van der Waals surface area contributed by atoms with E-state index in [2.05, 4.69) is 15.3 Å². The van der Waals surface area contributed by atoms with Crippen LogP contribution in [0.4, 0.5) is 5.13 Å². The van der Waals surface area contributed by atoms with E-state index in [1.807, 2.05) is 30.3 Å². The normalized spacial score (nSPS) is 10.6. The highest BCUT2D eigenvalue weighted by atomic mass is 32.1. The van der Waals surface area contributed by atoms with Gasteiger partial charge >= 0.3 is 0 Å². The van der Waals surface area contributed by atoms with Crippen LogP contribution in [0.5, 0.6) is 5.75 Å². The number of hydrogen-bond donors (Lipinski definition) is 1. The molecule has 4 nitrogen and oxygen atoms in total. The largest absolute Gasteiger partial charge is 0.497 e. The van der Waals surface area contributed by atoms with Crippen LogP contribution >= 0.6 is 11.3 Å². The molecule has 0 unspecified atom stereocenters. The molecular weight excluding hydrogens is 258 g/mol. The first kappa shape index (κ1) is 11.9. The summed E-state index contributed by atoms with van der Waals surface area (Å²) in [5.41, 5.74) is 2.18. The first-order valence-corrected chi connectivity index (χ1v) is 6.74. The van der Waals surface area contributed by atoms with Gasteiger partial charge < -0.3 is 10.1 Å². The standard InChI is InChI=1S/C14H13N3OS/c1-18-11-2-3-12-13(8-11)19-14(17-12)16-9-10-4-6-15-7-5-10/h2-8H,9H2,1H3,(H,16,17). The molecule has 0 bridgehead atoms. The van der Waals surface area contributed by atoms with E-state index in [0.717, 1.165) is 27.6 Å². The van der Waals surface area contributed by atoms with Crippen LogP contribution in [0.25, 0.3) is 10.2 Å². The number of benzene rings is 1. The Hall–Kier alpha value is -2.14. The lowest BCUT2D eigenvalue weighted by atomic mass is 10.3. The van der Waals surface area contributed by atoms with Gasteiger partial charge in [-0.1, -0.05) is 11.3 Å². The number of aromatic nitrogens is 2. The molecule has 0 aliphatic carbocycles. The van der Waals surface area contributed by atoms with Crippen LogP contribution < -0.4 is 10.1 Å². The van der Waals surface area contributed by atoms with Gasteiger partial charge in [0.2, 0.25) is 0 Å². The van der Waals surface area contributed by atoms with Gasteiger partial charge in [-0.05, 0) is 35.9 Å². The number of hydrogen-bond acceptors (Lipinski definition) is 5. The Kier molecular flexibility index (Phi) is 3.29. The number of nitrogens with zero attached hydrogens (tertiary/aromatic N) is 2. The van der Waals surface area contributed by atoms with Crippen molar-refractivity contribution in [3.63, 3.8) is 0 Å². The molecule has 5 heteroatoms. The van der Waals surface area contributed by atoms with E-state index in [0.29, 0.717) is 0 Å². The molecule has 0 aliphatic heterocycles. The lowest BCUT2D eigenvalue weighted by Gasteiger charge is -2.01. The van der Waals surface area contributed by atoms with Crippen LogP contribution in [0, 0.1) is 0 Å². The van der Waals surface area contributed by atoms with Gasteiger partial charge in [0.25, 0.3) is 0 Å². The summed E-state index contributed by atoms with van der Waals surface area (Å²) in [6.07, 6.45) is 3.58. The summed E-state index contributed by atoms with van der Waals surface area (Å²) < 4.78 is 6.33. The number of nitrogens with one attached hydrogen (secondary N) is 1. The zero-order chi connectivity index (χ0) is 13.1. The van der Waals surface area contributed by atoms with Gasteiger partial charge in [-0.3, -0.25) is 4.98 Å². The van der Waals surface area contributed by atoms with Gasteiger partial charge in [-0.25, -0.2) is 4.98 Å². The molecule has 0 aliphatic rings. The third-order valence-corrected chi connectivity index (χ3v) is 3.76. The van der Waals surface area contributed by atoms with Gasteiger partial charge in [0, 0.05) is 18.9 Å². The number of methoxy groups -OCH3 is 1. The van der Waals surface area contributed by atoms with E-state index in [9.17, 15) is 0 Å². The van der Waals surface area contributed by atoms with Crippen LogP contribution in [-0.2, 0) is 6.54 Å². The maximum atomic E-state index is 5.21. The SMILES string of the molecule is COc1ccc2nc(NCc3ccncc3)sc2c1. The number of rotatable bonds is 4. The van der Waals surface area contributed by atoms with E-state index in [1.165, 1.54) is 5.56 Å². The van der Waals surface area contributed by atoms with Crippen molar-refractivity contribution in [3.05, 3.63) is 48.3 Å². The van der Waals surface area contributed by atoms with E-state index in [1.54, 1.807) is 30.8 Å². The van der Waals surface area contributed by atoms with Gasteiger partial charge in [-0.2, -0.15) is 0 Å². The number of thiazole rings is 1. The molecule has 0 saturated heterocycles. The second-order valence-electron chi connectivity index (χ2n) is 4.06. The van der Waals surface area contributed by atoms with Crippen molar-refractivity contribution in [1.82, 2.24) is 9.97 Å². The van der Waals surface area contributed by atoms with Gasteiger partial charge in [0.05, 0.1) is 17.3 Å². The molecule has 1 aromatic carbocycles. The molecule has 96 valence electrons. The number of anilines is 1. The molecule has 0 radical (unpaired) electrons. The molecule has 3 aromatic rings. The van der Waals surface area contributed by atoms with E-state index in [4.69, 9.17) is 4.74 Å². The molecule has 2 aromatic heterocycles. The summed E-state index contributed by atoms with van der Waals surface area (Å²) in [5, 5.41) is 4.24. The fourth-order valence-electron chi connectivity index (χ4n) is 1.79. The zero-order valence-corrected chi connectivity index (χ0v) is 11.3. The molecule has 0 saturated carbocycles. The lowest BCUT2D eigenvalue weighted by molar-refractivity contribution is 0.415. The highest BCUT2D eigenvalue weighted by molar-refractivity contribution is 7.22. The molecule has 0 fully saturated rings. The minimum atomic E-state index is 0.749. The van der Waals surface area contributed by atoms with Crippen LogP contribution in [0.2, 0.25) is 0 Å². The first-order valence-electron chi connectivity index (χ1n) is 5.92. The van der Waals surface area contributed by atoms with Crippen molar-refractivity contribution in [2.45, 2.75) is 6.54 Å². The highest BCUT2D eigenvalue weighted by Crippen LogP contribution is 2.29. The molecular formula is C14H13N3OS.